The Kier molecular flexibility index (Phi) is 4.61. The molecule has 0 spiro atoms. The minimum Gasteiger partial charge on any atom is -0.461 e. The van der Waals surface area contributed by atoms with Gasteiger partial charge >= 0.3 is 5.97 Å². The number of H-pyrrole nitrogens is 1. The Hall–Kier alpha value is -3.54. The molecule has 1 N–H and O–H groups in total. The summed E-state index contributed by atoms with van der Waals surface area (Å²) >= 11 is 0. The van der Waals surface area contributed by atoms with E-state index in [0.29, 0.717) is 23.1 Å². The number of aromatic nitrogens is 3. The topological polar surface area (TPSA) is 84.9 Å². The van der Waals surface area contributed by atoms with E-state index in [1.165, 1.54) is 0 Å². The fraction of sp³-hybridized carbons (Fsp3) is 0.143. The fourth-order valence-electron chi connectivity index (χ4n) is 2.99. The lowest BCUT2D eigenvalue weighted by molar-refractivity contribution is -0.144. The molecule has 0 saturated carbocycles. The third kappa shape index (κ3) is 3.69. The Bertz CT molecular complexity index is 1180. The number of hydrogen-bond donors (Lipinski definition) is 1. The van der Waals surface area contributed by atoms with Gasteiger partial charge in [-0.25, -0.2) is 4.98 Å². The van der Waals surface area contributed by atoms with Crippen LogP contribution < -0.4 is 5.56 Å². The molecule has 0 amide bonds. The van der Waals surface area contributed by atoms with Crippen LogP contribution in [-0.2, 0) is 22.6 Å². The first kappa shape index (κ1) is 16.9. The van der Waals surface area contributed by atoms with Crippen LogP contribution in [0.2, 0.25) is 0 Å². The van der Waals surface area contributed by atoms with E-state index in [0.717, 1.165) is 16.5 Å². The second kappa shape index (κ2) is 7.37. The normalized spacial score (nSPS) is 11.0. The average molecular weight is 359 g/mol. The highest BCUT2D eigenvalue weighted by Gasteiger charge is 2.09. The monoisotopic (exact) mass is 359 g/mol. The smallest absolute Gasteiger partial charge is 0.306 e. The number of aryl methyl sites for hydroxylation is 1. The van der Waals surface area contributed by atoms with Crippen LogP contribution in [0, 0.1) is 0 Å². The zero-order valence-electron chi connectivity index (χ0n) is 14.5. The van der Waals surface area contributed by atoms with Crippen molar-refractivity contribution in [2.45, 2.75) is 19.4 Å². The highest BCUT2D eigenvalue weighted by Crippen LogP contribution is 2.17. The molecule has 0 aliphatic rings. The number of carbonyl (C=O) groups is 1. The summed E-state index contributed by atoms with van der Waals surface area (Å²) in [5, 5.41) is 1.54. The van der Waals surface area contributed by atoms with E-state index in [-0.39, 0.29) is 24.6 Å². The van der Waals surface area contributed by atoms with Crippen molar-refractivity contribution in [3.8, 4) is 0 Å². The molecule has 0 bridgehead atoms. The molecule has 0 fully saturated rings. The summed E-state index contributed by atoms with van der Waals surface area (Å²) in [5.41, 5.74) is 2.10. The van der Waals surface area contributed by atoms with E-state index in [2.05, 4.69) is 15.0 Å². The Balaban J connectivity index is 1.41. The lowest BCUT2D eigenvalue weighted by Crippen LogP contribution is -2.14. The molecule has 27 heavy (non-hydrogen) atoms. The van der Waals surface area contributed by atoms with Crippen LogP contribution in [-0.4, -0.2) is 20.9 Å². The average Bonchev–Trinajstić information content (AvgIpc) is 2.71. The van der Waals surface area contributed by atoms with Gasteiger partial charge in [-0.3, -0.25) is 14.6 Å². The maximum absolute atomic E-state index is 12.1. The van der Waals surface area contributed by atoms with E-state index < -0.39 is 0 Å². The van der Waals surface area contributed by atoms with Gasteiger partial charge < -0.3 is 9.72 Å². The predicted octanol–water partition coefficient (Wildman–Crippen LogP) is 3.15. The summed E-state index contributed by atoms with van der Waals surface area (Å²) in [6.45, 7) is 0.162. The lowest BCUT2D eigenvalue weighted by atomic mass is 10.1. The van der Waals surface area contributed by atoms with E-state index >= 15 is 0 Å². The molecule has 0 unspecified atom stereocenters. The highest BCUT2D eigenvalue weighted by molar-refractivity contribution is 5.81. The van der Waals surface area contributed by atoms with Crippen LogP contribution in [0.25, 0.3) is 21.8 Å². The van der Waals surface area contributed by atoms with Gasteiger partial charge in [-0.05, 0) is 18.2 Å². The Morgan fingerprint density at radius 3 is 2.81 bits per heavy atom. The van der Waals surface area contributed by atoms with Gasteiger partial charge in [-0.2, -0.15) is 0 Å². The number of hydrogen-bond acceptors (Lipinski definition) is 5. The molecule has 6 nitrogen and oxygen atoms in total. The third-order valence-electron chi connectivity index (χ3n) is 4.33. The van der Waals surface area contributed by atoms with Gasteiger partial charge in [0.1, 0.15) is 12.4 Å². The van der Waals surface area contributed by atoms with E-state index in [4.69, 9.17) is 4.74 Å². The maximum atomic E-state index is 12.1. The molecule has 2 aromatic heterocycles. The summed E-state index contributed by atoms with van der Waals surface area (Å²) in [7, 11) is 0. The lowest BCUT2D eigenvalue weighted by Gasteiger charge is -2.07. The minimum absolute atomic E-state index is 0.138. The molecular weight excluding hydrogens is 342 g/mol. The predicted molar refractivity (Wildman–Crippen MR) is 102 cm³/mol. The largest absolute Gasteiger partial charge is 0.461 e. The number of ether oxygens (including phenoxy) is 1. The molecule has 2 heterocycles. The van der Waals surface area contributed by atoms with Crippen molar-refractivity contribution < 1.29 is 9.53 Å². The zero-order chi connectivity index (χ0) is 18.6. The van der Waals surface area contributed by atoms with Crippen LogP contribution in [0.4, 0.5) is 0 Å². The second-order valence-electron chi connectivity index (χ2n) is 6.18. The first-order valence-electron chi connectivity index (χ1n) is 8.67. The summed E-state index contributed by atoms with van der Waals surface area (Å²) in [5.74, 6) is 0.126. The first-order chi connectivity index (χ1) is 13.2. The van der Waals surface area contributed by atoms with Crippen LogP contribution in [0.15, 0.2) is 65.6 Å². The van der Waals surface area contributed by atoms with Gasteiger partial charge in [0.05, 0.1) is 22.8 Å². The van der Waals surface area contributed by atoms with Gasteiger partial charge in [0.25, 0.3) is 5.56 Å². The number of fused-ring (bicyclic) bond motifs is 2. The molecular formula is C21H17N3O3. The molecule has 4 rings (SSSR count). The van der Waals surface area contributed by atoms with Crippen molar-refractivity contribution in [3.63, 3.8) is 0 Å². The molecule has 0 aliphatic carbocycles. The van der Waals surface area contributed by atoms with Gasteiger partial charge in [0, 0.05) is 23.6 Å². The van der Waals surface area contributed by atoms with Crippen molar-refractivity contribution in [1.29, 1.82) is 0 Å². The quantitative estimate of drug-likeness (QED) is 0.553. The van der Waals surface area contributed by atoms with E-state index in [9.17, 15) is 9.59 Å². The van der Waals surface area contributed by atoms with Crippen LogP contribution >= 0.6 is 0 Å². The zero-order valence-corrected chi connectivity index (χ0v) is 14.5. The van der Waals surface area contributed by atoms with Crippen molar-refractivity contribution in [1.82, 2.24) is 15.0 Å². The molecule has 4 aromatic rings. The highest BCUT2D eigenvalue weighted by atomic mass is 16.5. The Labute approximate surface area is 154 Å². The number of aromatic amines is 1. The minimum atomic E-state index is -0.348. The molecule has 0 atom stereocenters. The number of para-hydroxylation sites is 2. The fourth-order valence-corrected chi connectivity index (χ4v) is 2.99. The van der Waals surface area contributed by atoms with Crippen molar-refractivity contribution in [2.24, 2.45) is 0 Å². The van der Waals surface area contributed by atoms with Crippen molar-refractivity contribution in [2.75, 3.05) is 0 Å². The summed E-state index contributed by atoms with van der Waals surface area (Å²) in [4.78, 5) is 35.6. The van der Waals surface area contributed by atoms with Crippen LogP contribution in [0.1, 0.15) is 17.8 Å². The SMILES string of the molecule is O=C(CCc1nc2ccccc2c(=O)[nH]1)OCc1cccc2cccnc12. The molecule has 134 valence electrons. The summed E-state index contributed by atoms with van der Waals surface area (Å²) in [6.07, 6.45) is 2.17. The molecule has 6 heteroatoms. The van der Waals surface area contributed by atoms with E-state index in [1.807, 2.05) is 36.4 Å². The molecule has 2 aromatic carbocycles. The van der Waals surface area contributed by atoms with Gasteiger partial charge in [-0.15, -0.1) is 0 Å². The van der Waals surface area contributed by atoms with Crippen molar-refractivity contribution >= 4 is 27.8 Å². The number of rotatable bonds is 5. The summed E-state index contributed by atoms with van der Waals surface area (Å²) < 4.78 is 5.38. The third-order valence-corrected chi connectivity index (χ3v) is 4.33. The van der Waals surface area contributed by atoms with Gasteiger partial charge in [-0.1, -0.05) is 36.4 Å². The second-order valence-corrected chi connectivity index (χ2v) is 6.18. The summed E-state index contributed by atoms with van der Waals surface area (Å²) in [6, 6.07) is 16.7. The number of nitrogens with one attached hydrogen (secondary N) is 1. The Morgan fingerprint density at radius 2 is 1.89 bits per heavy atom. The van der Waals surface area contributed by atoms with Crippen molar-refractivity contribution in [3.05, 3.63) is 82.5 Å². The van der Waals surface area contributed by atoms with Gasteiger partial charge in [0.2, 0.25) is 0 Å². The maximum Gasteiger partial charge on any atom is 0.306 e. The number of nitrogens with zero attached hydrogens (tertiary/aromatic N) is 2. The molecule has 0 aliphatic heterocycles. The Morgan fingerprint density at radius 1 is 1.04 bits per heavy atom. The number of benzene rings is 2. The molecule has 0 saturated heterocycles. The van der Waals surface area contributed by atoms with Crippen LogP contribution in [0.5, 0.6) is 0 Å². The van der Waals surface area contributed by atoms with Gasteiger partial charge in [0.15, 0.2) is 0 Å². The number of pyridine rings is 1. The number of carbonyl (C=O) groups excluding carboxylic acids is 1. The van der Waals surface area contributed by atoms with Crippen LogP contribution in [0.3, 0.4) is 0 Å². The first-order valence-corrected chi connectivity index (χ1v) is 8.67. The number of esters is 1. The molecule has 0 radical (unpaired) electrons. The van der Waals surface area contributed by atoms with E-state index in [1.54, 1.807) is 24.4 Å². The standard InChI is InChI=1S/C21H17N3O3/c25-19(27-13-15-6-3-5-14-7-4-12-22-20(14)15)11-10-18-23-17-9-2-1-8-16(17)21(26)24-18/h1-9,12H,10-11,13H2,(H,23,24,26).